The van der Waals surface area contributed by atoms with Gasteiger partial charge in [-0.2, -0.15) is 0 Å². The van der Waals surface area contributed by atoms with E-state index in [-0.39, 0.29) is 5.91 Å². The van der Waals surface area contributed by atoms with Crippen LogP contribution in [0.2, 0.25) is 0 Å². The molecule has 0 fully saturated rings. The highest BCUT2D eigenvalue weighted by Crippen LogP contribution is 2.21. The fourth-order valence-corrected chi connectivity index (χ4v) is 4.01. The third kappa shape index (κ3) is 5.39. The minimum absolute atomic E-state index is 0.122. The number of benzene rings is 3. The van der Waals surface area contributed by atoms with Crippen LogP contribution in [0.5, 0.6) is 11.5 Å². The first kappa shape index (κ1) is 23.4. The largest absolute Gasteiger partial charge is 0.497 e. The van der Waals surface area contributed by atoms with Gasteiger partial charge in [0.05, 0.1) is 24.8 Å². The maximum Gasteiger partial charge on any atom is 0.251 e. The van der Waals surface area contributed by atoms with Crippen molar-refractivity contribution < 1.29 is 14.3 Å². The zero-order chi connectivity index (χ0) is 23.9. The van der Waals surface area contributed by atoms with Crippen LogP contribution in [-0.2, 0) is 13.0 Å². The first-order valence-corrected chi connectivity index (χ1v) is 11.6. The van der Waals surface area contributed by atoms with Crippen molar-refractivity contribution >= 4 is 16.9 Å². The van der Waals surface area contributed by atoms with E-state index in [1.165, 1.54) is 11.1 Å². The highest BCUT2D eigenvalue weighted by Gasteiger charge is 2.12. The summed E-state index contributed by atoms with van der Waals surface area (Å²) < 4.78 is 13.5. The van der Waals surface area contributed by atoms with Gasteiger partial charge in [0.2, 0.25) is 0 Å². The van der Waals surface area contributed by atoms with E-state index in [2.05, 4.69) is 35.9 Å². The Labute approximate surface area is 200 Å². The van der Waals surface area contributed by atoms with E-state index in [0.29, 0.717) is 30.9 Å². The Morgan fingerprint density at radius 2 is 1.85 bits per heavy atom. The number of carbonyl (C=O) groups is 1. The van der Waals surface area contributed by atoms with Gasteiger partial charge in [-0.1, -0.05) is 30.3 Å². The second-order valence-electron chi connectivity index (χ2n) is 8.31. The van der Waals surface area contributed by atoms with Gasteiger partial charge in [-0.25, -0.2) is 4.98 Å². The third-order valence-electron chi connectivity index (χ3n) is 6.04. The third-order valence-corrected chi connectivity index (χ3v) is 6.04. The number of imidazole rings is 1. The molecule has 0 bridgehead atoms. The topological polar surface area (TPSA) is 65.4 Å². The summed E-state index contributed by atoms with van der Waals surface area (Å²) in [6, 6.07) is 21.4. The quantitative estimate of drug-likeness (QED) is 0.336. The van der Waals surface area contributed by atoms with Gasteiger partial charge >= 0.3 is 0 Å². The number of amides is 1. The molecule has 0 aliphatic heterocycles. The molecule has 4 aromatic rings. The Balaban J connectivity index is 1.38. The lowest BCUT2D eigenvalue weighted by Gasteiger charge is -2.13. The van der Waals surface area contributed by atoms with Crippen LogP contribution >= 0.6 is 0 Å². The summed E-state index contributed by atoms with van der Waals surface area (Å²) >= 11 is 0. The van der Waals surface area contributed by atoms with Crippen LogP contribution in [-0.4, -0.2) is 35.7 Å². The van der Waals surface area contributed by atoms with E-state index < -0.39 is 0 Å². The molecule has 3 aromatic carbocycles. The molecular formula is C28H31N3O3. The van der Waals surface area contributed by atoms with Crippen molar-refractivity contribution in [3.63, 3.8) is 0 Å². The molecule has 34 heavy (non-hydrogen) atoms. The molecule has 0 saturated carbocycles. The number of aromatic nitrogens is 2. The lowest BCUT2D eigenvalue weighted by Crippen LogP contribution is -2.26. The molecule has 1 N–H and O–H groups in total. The fourth-order valence-electron chi connectivity index (χ4n) is 4.01. The second-order valence-corrected chi connectivity index (χ2v) is 8.31. The number of hydrogen-bond donors (Lipinski definition) is 1. The van der Waals surface area contributed by atoms with Crippen LogP contribution in [0.1, 0.15) is 33.7 Å². The Morgan fingerprint density at radius 3 is 2.71 bits per heavy atom. The molecule has 1 aromatic heterocycles. The number of aryl methyl sites for hydroxylation is 2. The zero-order valence-corrected chi connectivity index (χ0v) is 20.0. The van der Waals surface area contributed by atoms with E-state index in [1.54, 1.807) is 19.2 Å². The van der Waals surface area contributed by atoms with Crippen LogP contribution in [0, 0.1) is 13.8 Å². The Morgan fingerprint density at radius 1 is 1.03 bits per heavy atom. The van der Waals surface area contributed by atoms with Gasteiger partial charge in [0.25, 0.3) is 5.91 Å². The molecule has 4 rings (SSSR count). The van der Waals surface area contributed by atoms with Crippen LogP contribution in [0.3, 0.4) is 0 Å². The first-order chi connectivity index (χ1) is 16.6. The molecule has 6 nitrogen and oxygen atoms in total. The van der Waals surface area contributed by atoms with Crippen LogP contribution in [0.4, 0.5) is 0 Å². The first-order valence-electron chi connectivity index (χ1n) is 11.6. The molecule has 0 aliphatic rings. The number of rotatable bonds is 10. The summed E-state index contributed by atoms with van der Waals surface area (Å²) in [6.45, 7) is 6.11. The number of fused-ring (bicyclic) bond motifs is 1. The second kappa shape index (κ2) is 10.9. The summed E-state index contributed by atoms with van der Waals surface area (Å²) in [5.74, 6) is 2.44. The fraction of sp³-hybridized carbons (Fsp3) is 0.286. The number of nitrogens with one attached hydrogen (secondary N) is 1. The number of carbonyl (C=O) groups excluding carboxylic acids is 1. The number of ether oxygens (including phenoxy) is 2. The molecule has 0 aliphatic carbocycles. The van der Waals surface area contributed by atoms with E-state index in [4.69, 9.17) is 14.5 Å². The smallest absolute Gasteiger partial charge is 0.251 e. The van der Waals surface area contributed by atoms with Crippen LogP contribution in [0.25, 0.3) is 11.0 Å². The van der Waals surface area contributed by atoms with Crippen molar-refractivity contribution in [3.8, 4) is 11.5 Å². The normalized spacial score (nSPS) is 10.9. The Kier molecular flexibility index (Phi) is 7.48. The van der Waals surface area contributed by atoms with E-state index in [1.807, 2.05) is 42.5 Å². The van der Waals surface area contributed by atoms with Crippen molar-refractivity contribution in [3.05, 3.63) is 89.2 Å². The molecule has 0 radical (unpaired) electrons. The summed E-state index contributed by atoms with van der Waals surface area (Å²) in [4.78, 5) is 17.4. The van der Waals surface area contributed by atoms with E-state index in [9.17, 15) is 4.79 Å². The molecule has 1 amide bonds. The number of para-hydroxylation sites is 2. The number of nitrogens with zero attached hydrogens (tertiary/aromatic N) is 2. The predicted molar refractivity (Wildman–Crippen MR) is 135 cm³/mol. The van der Waals surface area contributed by atoms with Crippen molar-refractivity contribution in [2.45, 2.75) is 33.2 Å². The summed E-state index contributed by atoms with van der Waals surface area (Å²) in [6.07, 6.45) is 1.50. The minimum atomic E-state index is -0.122. The molecular weight excluding hydrogens is 426 g/mol. The van der Waals surface area contributed by atoms with Crippen molar-refractivity contribution in [2.24, 2.45) is 0 Å². The van der Waals surface area contributed by atoms with Gasteiger partial charge in [0.15, 0.2) is 0 Å². The predicted octanol–water partition coefficient (Wildman–Crippen LogP) is 5.10. The van der Waals surface area contributed by atoms with E-state index >= 15 is 0 Å². The van der Waals surface area contributed by atoms with Crippen LogP contribution < -0.4 is 14.8 Å². The lowest BCUT2D eigenvalue weighted by atomic mass is 10.1. The number of hydrogen-bond acceptors (Lipinski definition) is 4. The standard InChI is InChI=1S/C28H31N3O3/c1-20-9-6-14-26(21(20)2)34-18-8-17-31-25-13-5-4-12-24(25)30-27(31)15-16-29-28(32)22-10-7-11-23(19-22)33-3/h4-7,9-14,19H,8,15-18H2,1-3H3,(H,29,32). The van der Waals surface area contributed by atoms with Crippen LogP contribution in [0.15, 0.2) is 66.7 Å². The summed E-state index contributed by atoms with van der Waals surface area (Å²) in [5, 5.41) is 3.00. The maximum atomic E-state index is 12.5. The minimum Gasteiger partial charge on any atom is -0.497 e. The molecule has 0 unspecified atom stereocenters. The highest BCUT2D eigenvalue weighted by molar-refractivity contribution is 5.94. The molecule has 6 heteroatoms. The Hall–Kier alpha value is -3.80. The van der Waals surface area contributed by atoms with Gasteiger partial charge in [0, 0.05) is 25.1 Å². The van der Waals surface area contributed by atoms with Gasteiger partial charge in [-0.05, 0) is 67.8 Å². The average molecular weight is 458 g/mol. The summed E-state index contributed by atoms with van der Waals surface area (Å²) in [7, 11) is 1.59. The molecule has 0 spiro atoms. The van der Waals surface area contributed by atoms with Gasteiger partial charge < -0.3 is 19.4 Å². The van der Waals surface area contributed by atoms with Crippen molar-refractivity contribution in [2.75, 3.05) is 20.3 Å². The maximum absolute atomic E-state index is 12.5. The summed E-state index contributed by atoms with van der Waals surface area (Å²) in [5.41, 5.74) is 5.06. The van der Waals surface area contributed by atoms with Gasteiger partial charge in [-0.15, -0.1) is 0 Å². The highest BCUT2D eigenvalue weighted by atomic mass is 16.5. The lowest BCUT2D eigenvalue weighted by molar-refractivity contribution is 0.0953. The van der Waals surface area contributed by atoms with Crippen molar-refractivity contribution in [1.29, 1.82) is 0 Å². The number of methoxy groups -OCH3 is 1. The zero-order valence-electron chi connectivity index (χ0n) is 20.0. The molecule has 0 saturated heterocycles. The molecule has 176 valence electrons. The molecule has 1 heterocycles. The Bertz CT molecular complexity index is 1280. The average Bonchev–Trinajstić information content (AvgIpc) is 3.21. The SMILES string of the molecule is COc1cccc(C(=O)NCCc2nc3ccccc3n2CCCOc2cccc(C)c2C)c1. The van der Waals surface area contributed by atoms with E-state index in [0.717, 1.165) is 35.6 Å². The monoisotopic (exact) mass is 457 g/mol. The van der Waals surface area contributed by atoms with Crippen molar-refractivity contribution in [1.82, 2.24) is 14.9 Å². The van der Waals surface area contributed by atoms with Gasteiger partial charge in [-0.3, -0.25) is 4.79 Å². The van der Waals surface area contributed by atoms with Gasteiger partial charge in [0.1, 0.15) is 17.3 Å². The molecule has 0 atom stereocenters.